The van der Waals surface area contributed by atoms with E-state index in [1.54, 1.807) is 0 Å². The van der Waals surface area contributed by atoms with Gasteiger partial charge in [0.15, 0.2) is 12.3 Å². The average Bonchev–Trinajstić information content (AvgIpc) is 2.53. The molecule has 1 unspecified atom stereocenters. The zero-order chi connectivity index (χ0) is 17.5. The minimum atomic E-state index is -4.61. The maximum Gasteiger partial charge on any atom is 0.416 e. The Morgan fingerprint density at radius 3 is 2.50 bits per heavy atom. The van der Waals surface area contributed by atoms with Gasteiger partial charge in [-0.25, -0.2) is 8.78 Å². The van der Waals surface area contributed by atoms with E-state index in [9.17, 15) is 27.2 Å². The number of hydrogen-bond donors (Lipinski definition) is 0. The largest absolute Gasteiger partial charge is 0.618 e. The van der Waals surface area contributed by atoms with Crippen molar-refractivity contribution in [1.29, 1.82) is 0 Å². The minimum Gasteiger partial charge on any atom is -0.618 e. The second kappa shape index (κ2) is 5.77. The van der Waals surface area contributed by atoms with Crippen LogP contribution in [0.2, 0.25) is 0 Å². The molecule has 1 aliphatic heterocycles. The summed E-state index contributed by atoms with van der Waals surface area (Å²) >= 11 is 0. The van der Waals surface area contributed by atoms with E-state index in [0.717, 1.165) is 30.5 Å². The Balaban J connectivity index is 2.20. The van der Waals surface area contributed by atoms with Crippen molar-refractivity contribution >= 4 is 5.57 Å². The molecular weight excluding hydrogens is 333 g/mol. The molecule has 126 valence electrons. The fraction of sp³-hybridized carbons (Fsp3) is 0.188. The van der Waals surface area contributed by atoms with Crippen molar-refractivity contribution in [3.8, 4) is 5.75 Å². The van der Waals surface area contributed by atoms with Gasteiger partial charge in [-0.05, 0) is 30.3 Å². The molecule has 0 bridgehead atoms. The molecule has 0 N–H and O–H groups in total. The normalized spacial score (nSPS) is 17.2. The molecule has 3 rings (SSSR count). The van der Waals surface area contributed by atoms with Crippen LogP contribution in [-0.4, -0.2) is 12.5 Å². The number of fused-ring (bicyclic) bond motifs is 1. The van der Waals surface area contributed by atoms with Crippen molar-refractivity contribution in [1.82, 2.24) is 0 Å². The molecule has 2 aromatic rings. The minimum absolute atomic E-state index is 0.0248. The van der Waals surface area contributed by atoms with Crippen LogP contribution in [0, 0.1) is 5.21 Å². The number of alkyl halides is 5. The monoisotopic (exact) mass is 343 g/mol. The molecule has 1 aliphatic rings. The Morgan fingerprint density at radius 1 is 1.12 bits per heavy atom. The molecule has 2 heterocycles. The van der Waals surface area contributed by atoms with Gasteiger partial charge in [0.1, 0.15) is 5.75 Å². The molecule has 0 radical (unpaired) electrons. The number of pyridine rings is 1. The molecule has 1 aromatic carbocycles. The summed E-state index contributed by atoms with van der Waals surface area (Å²) in [5, 5.41) is 11.9. The van der Waals surface area contributed by atoms with E-state index in [0.29, 0.717) is 4.73 Å². The van der Waals surface area contributed by atoms with Gasteiger partial charge >= 0.3 is 6.18 Å². The van der Waals surface area contributed by atoms with Crippen LogP contribution < -0.4 is 9.47 Å². The van der Waals surface area contributed by atoms with Crippen molar-refractivity contribution in [3.05, 3.63) is 70.7 Å². The molecule has 1 atom stereocenters. The highest BCUT2D eigenvalue weighted by Crippen LogP contribution is 2.40. The lowest BCUT2D eigenvalue weighted by atomic mass is 9.95. The zero-order valence-corrected chi connectivity index (χ0v) is 11.9. The van der Waals surface area contributed by atoms with Gasteiger partial charge in [-0.2, -0.15) is 17.9 Å². The van der Waals surface area contributed by atoms with E-state index in [-0.39, 0.29) is 22.6 Å². The van der Waals surface area contributed by atoms with Crippen LogP contribution in [0.4, 0.5) is 22.0 Å². The van der Waals surface area contributed by atoms with Crippen LogP contribution in [0.1, 0.15) is 16.8 Å². The van der Waals surface area contributed by atoms with E-state index in [1.165, 1.54) is 18.2 Å². The van der Waals surface area contributed by atoms with E-state index in [4.69, 9.17) is 4.74 Å². The van der Waals surface area contributed by atoms with Gasteiger partial charge in [0, 0.05) is 17.7 Å². The second-order valence-corrected chi connectivity index (χ2v) is 5.12. The number of benzene rings is 1. The molecule has 0 fully saturated rings. The summed E-state index contributed by atoms with van der Waals surface area (Å²) in [7, 11) is 0. The van der Waals surface area contributed by atoms with Crippen molar-refractivity contribution < 1.29 is 31.4 Å². The Kier molecular flexibility index (Phi) is 3.90. The molecule has 3 nitrogen and oxygen atoms in total. The van der Waals surface area contributed by atoms with E-state index in [2.05, 4.69) is 0 Å². The molecule has 0 aliphatic carbocycles. The summed E-state index contributed by atoms with van der Waals surface area (Å²) in [5.74, 6) is -0.130. The summed E-state index contributed by atoms with van der Waals surface area (Å²) in [6, 6.07) is 6.78. The van der Waals surface area contributed by atoms with Crippen LogP contribution in [-0.2, 0) is 6.18 Å². The van der Waals surface area contributed by atoms with Crippen LogP contribution in [0.25, 0.3) is 5.57 Å². The first-order valence-corrected chi connectivity index (χ1v) is 6.84. The predicted octanol–water partition coefficient (Wildman–Crippen LogP) is 3.80. The van der Waals surface area contributed by atoms with Crippen LogP contribution in [0.5, 0.6) is 5.75 Å². The number of ether oxygens (including phenoxy) is 1. The first-order valence-electron chi connectivity index (χ1n) is 6.84. The lowest BCUT2D eigenvalue weighted by molar-refractivity contribution is -0.608. The molecule has 1 aromatic heterocycles. The first kappa shape index (κ1) is 16.2. The lowest BCUT2D eigenvalue weighted by Gasteiger charge is -2.25. The lowest BCUT2D eigenvalue weighted by Crippen LogP contribution is -2.33. The zero-order valence-electron chi connectivity index (χ0n) is 11.9. The van der Waals surface area contributed by atoms with Gasteiger partial charge in [-0.15, -0.1) is 0 Å². The predicted molar refractivity (Wildman–Crippen MR) is 74.3 cm³/mol. The summed E-state index contributed by atoms with van der Waals surface area (Å²) in [5.41, 5.74) is -1.08. The third kappa shape index (κ3) is 2.91. The van der Waals surface area contributed by atoms with Gasteiger partial charge < -0.3 is 9.94 Å². The van der Waals surface area contributed by atoms with Crippen molar-refractivity contribution in [2.45, 2.75) is 18.7 Å². The first-order chi connectivity index (χ1) is 11.3. The van der Waals surface area contributed by atoms with Crippen molar-refractivity contribution in [2.24, 2.45) is 0 Å². The van der Waals surface area contributed by atoms with Gasteiger partial charge in [0.25, 0.3) is 6.43 Å². The Morgan fingerprint density at radius 2 is 1.88 bits per heavy atom. The molecule has 8 heteroatoms. The summed E-state index contributed by atoms with van der Waals surface area (Å²) in [4.78, 5) is 0. The third-order valence-electron chi connectivity index (χ3n) is 3.54. The molecule has 0 saturated heterocycles. The van der Waals surface area contributed by atoms with Gasteiger partial charge in [0.2, 0.25) is 5.69 Å². The maximum atomic E-state index is 13.0. The number of hydrogen-bond acceptors (Lipinski definition) is 2. The summed E-state index contributed by atoms with van der Waals surface area (Å²) in [6.45, 7) is 0. The van der Waals surface area contributed by atoms with Crippen molar-refractivity contribution in [2.75, 3.05) is 0 Å². The van der Waals surface area contributed by atoms with Gasteiger partial charge in [0.05, 0.1) is 11.1 Å². The molecule has 0 saturated carbocycles. The van der Waals surface area contributed by atoms with Gasteiger partial charge in [-0.3, -0.25) is 0 Å². The molecule has 0 spiro atoms. The SMILES string of the molecule is [O-][n+]1ccccc1C1=CC(C(F)F)Oc2ccc(C(F)(F)F)cc21. The second-order valence-electron chi connectivity index (χ2n) is 5.12. The fourth-order valence-corrected chi connectivity index (χ4v) is 2.44. The van der Waals surface area contributed by atoms with E-state index in [1.807, 2.05) is 0 Å². The Labute approximate surface area is 133 Å². The molecule has 24 heavy (non-hydrogen) atoms. The quantitative estimate of drug-likeness (QED) is 0.472. The Bertz CT molecular complexity index is 801. The number of aromatic nitrogens is 1. The topological polar surface area (TPSA) is 36.2 Å². The molecular formula is C16H10F5NO2. The summed E-state index contributed by atoms with van der Waals surface area (Å²) in [6.07, 6.45) is -7.04. The smallest absolute Gasteiger partial charge is 0.416 e. The standard InChI is InChI=1S/C16H10F5NO2/c17-15(18)14-8-10(12-3-1-2-6-22(12)23)11-7-9(16(19,20)21)4-5-13(11)24-14/h1-8,14-15H. The average molecular weight is 343 g/mol. The van der Waals surface area contributed by atoms with Gasteiger partial charge in [-0.1, -0.05) is 0 Å². The van der Waals surface area contributed by atoms with E-state index < -0.39 is 24.3 Å². The fourth-order valence-electron chi connectivity index (χ4n) is 2.44. The van der Waals surface area contributed by atoms with Crippen LogP contribution in [0.3, 0.4) is 0 Å². The number of rotatable bonds is 2. The summed E-state index contributed by atoms with van der Waals surface area (Å²) < 4.78 is 70.3. The number of halogens is 5. The maximum absolute atomic E-state index is 13.0. The highest BCUT2D eigenvalue weighted by Gasteiger charge is 2.35. The highest BCUT2D eigenvalue weighted by molar-refractivity contribution is 5.82. The van der Waals surface area contributed by atoms with E-state index >= 15 is 0 Å². The molecule has 0 amide bonds. The Hall–Kier alpha value is -2.64. The third-order valence-corrected chi connectivity index (χ3v) is 3.54. The number of nitrogens with zero attached hydrogens (tertiary/aromatic N) is 1. The highest BCUT2D eigenvalue weighted by atomic mass is 19.4. The van der Waals surface area contributed by atoms with Crippen LogP contribution >= 0.6 is 0 Å². The van der Waals surface area contributed by atoms with Crippen LogP contribution in [0.15, 0.2) is 48.7 Å². The van der Waals surface area contributed by atoms with Crippen molar-refractivity contribution in [3.63, 3.8) is 0 Å².